The first-order chi connectivity index (χ1) is 17.8. The summed E-state index contributed by atoms with van der Waals surface area (Å²) in [6, 6.07) is 22.0. The molecule has 2 heterocycles. The highest BCUT2D eigenvalue weighted by Gasteiger charge is 2.30. The monoisotopic (exact) mass is 494 g/mol. The van der Waals surface area contributed by atoms with Crippen LogP contribution in [0, 0.1) is 26.7 Å². The summed E-state index contributed by atoms with van der Waals surface area (Å²) in [5.41, 5.74) is 6.04. The van der Waals surface area contributed by atoms with Gasteiger partial charge in [0.25, 0.3) is 5.91 Å². The van der Waals surface area contributed by atoms with Gasteiger partial charge in [0.1, 0.15) is 0 Å². The lowest BCUT2D eigenvalue weighted by molar-refractivity contribution is -0.136. The summed E-state index contributed by atoms with van der Waals surface area (Å²) in [5, 5.41) is 6.82. The molecule has 6 heteroatoms. The van der Waals surface area contributed by atoms with E-state index in [-0.39, 0.29) is 17.7 Å². The average molecular weight is 495 g/mol. The van der Waals surface area contributed by atoms with Gasteiger partial charge in [-0.3, -0.25) is 9.59 Å². The Morgan fingerprint density at radius 1 is 0.919 bits per heavy atom. The zero-order chi connectivity index (χ0) is 26.1. The fraction of sp³-hybridized carbons (Fsp3) is 0.323. The highest BCUT2D eigenvalue weighted by Crippen LogP contribution is 2.26. The van der Waals surface area contributed by atoms with Crippen LogP contribution in [0.3, 0.4) is 0 Å². The van der Waals surface area contributed by atoms with Crippen LogP contribution in [0.15, 0.2) is 66.7 Å². The molecule has 190 valence electrons. The highest BCUT2D eigenvalue weighted by molar-refractivity contribution is 6.07. The molecule has 37 heavy (non-hydrogen) atoms. The summed E-state index contributed by atoms with van der Waals surface area (Å²) in [4.78, 5) is 30.4. The van der Waals surface area contributed by atoms with Crippen LogP contribution in [0.25, 0.3) is 16.5 Å². The predicted octanol–water partition coefficient (Wildman–Crippen LogP) is 5.46. The van der Waals surface area contributed by atoms with Crippen molar-refractivity contribution >= 4 is 22.6 Å². The Hall–Kier alpha value is -3.93. The van der Waals surface area contributed by atoms with Crippen LogP contribution in [-0.2, 0) is 11.3 Å². The molecule has 5 rings (SSSR count). The molecule has 0 aliphatic carbocycles. The third-order valence-electron chi connectivity index (χ3n) is 7.71. The van der Waals surface area contributed by atoms with E-state index in [1.165, 1.54) is 0 Å². The number of aromatic nitrogens is 2. The summed E-state index contributed by atoms with van der Waals surface area (Å²) in [6.07, 6.45) is 1.36. The van der Waals surface area contributed by atoms with Crippen molar-refractivity contribution in [2.75, 3.05) is 20.1 Å². The molecule has 3 aromatic carbocycles. The number of hydrogen-bond donors (Lipinski definition) is 0. The molecule has 0 N–H and O–H groups in total. The molecule has 0 unspecified atom stereocenters. The minimum absolute atomic E-state index is 0.0472. The number of nitrogens with zero attached hydrogens (tertiary/aromatic N) is 4. The van der Waals surface area contributed by atoms with Crippen molar-refractivity contribution in [2.45, 2.75) is 40.2 Å². The zero-order valence-electron chi connectivity index (χ0n) is 22.1. The van der Waals surface area contributed by atoms with Crippen molar-refractivity contribution in [1.82, 2.24) is 19.6 Å². The van der Waals surface area contributed by atoms with Crippen molar-refractivity contribution in [3.8, 4) is 5.69 Å². The number of rotatable bonds is 5. The van der Waals surface area contributed by atoms with Crippen LogP contribution in [-0.4, -0.2) is 51.5 Å². The lowest BCUT2D eigenvalue weighted by Gasteiger charge is -2.33. The Morgan fingerprint density at radius 3 is 2.35 bits per heavy atom. The summed E-state index contributed by atoms with van der Waals surface area (Å²) >= 11 is 0. The first-order valence-corrected chi connectivity index (χ1v) is 13.0. The number of benzene rings is 3. The van der Waals surface area contributed by atoms with Gasteiger partial charge in [-0.1, -0.05) is 54.6 Å². The number of piperidine rings is 1. The maximum absolute atomic E-state index is 13.4. The van der Waals surface area contributed by atoms with E-state index < -0.39 is 0 Å². The molecule has 0 bridgehead atoms. The molecule has 4 aromatic rings. The molecule has 0 radical (unpaired) electrons. The molecule has 1 aliphatic rings. The van der Waals surface area contributed by atoms with Crippen LogP contribution in [0.2, 0.25) is 0 Å². The molecule has 1 aliphatic heterocycles. The Morgan fingerprint density at radius 2 is 1.59 bits per heavy atom. The number of fused-ring (bicyclic) bond motifs is 1. The molecular formula is C31H34N4O2. The standard InChI is InChI=1S/C31H34N4O2/c1-21-10-5-8-15-29(21)35-23(3)28(22(2)32-35)20-33(4)30(36)25-16-18-34(19-17-25)31(37)27-14-9-12-24-11-6-7-13-26(24)27/h5-15,25H,16-20H2,1-4H3. The molecule has 0 spiro atoms. The van der Waals surface area contributed by atoms with E-state index in [9.17, 15) is 9.59 Å². The molecular weight excluding hydrogens is 460 g/mol. The van der Waals surface area contributed by atoms with Crippen molar-refractivity contribution < 1.29 is 9.59 Å². The van der Waals surface area contributed by atoms with E-state index >= 15 is 0 Å². The summed E-state index contributed by atoms with van der Waals surface area (Å²) in [5.74, 6) is 0.110. The maximum atomic E-state index is 13.4. The number of carbonyl (C=O) groups is 2. The SMILES string of the molecule is Cc1ccccc1-n1nc(C)c(CN(C)C(=O)C2CCN(C(=O)c3cccc4ccccc34)CC2)c1C. The van der Waals surface area contributed by atoms with Gasteiger partial charge in [-0.2, -0.15) is 5.10 Å². The van der Waals surface area contributed by atoms with Gasteiger partial charge in [-0.05, 0) is 62.1 Å². The third-order valence-corrected chi connectivity index (χ3v) is 7.71. The zero-order valence-corrected chi connectivity index (χ0v) is 22.1. The van der Waals surface area contributed by atoms with Gasteiger partial charge in [0.05, 0.1) is 11.4 Å². The summed E-state index contributed by atoms with van der Waals surface area (Å²) in [6.45, 7) is 7.87. The molecule has 0 atom stereocenters. The van der Waals surface area contributed by atoms with Gasteiger partial charge in [0.2, 0.25) is 5.91 Å². The second kappa shape index (κ2) is 10.2. The van der Waals surface area contributed by atoms with Crippen molar-refractivity contribution in [3.05, 3.63) is 94.8 Å². The third kappa shape index (κ3) is 4.76. The Balaban J connectivity index is 1.24. The maximum Gasteiger partial charge on any atom is 0.254 e. The van der Waals surface area contributed by atoms with E-state index in [0.717, 1.165) is 44.5 Å². The van der Waals surface area contributed by atoms with Crippen molar-refractivity contribution in [2.24, 2.45) is 5.92 Å². The lowest BCUT2D eigenvalue weighted by Crippen LogP contribution is -2.43. The minimum Gasteiger partial charge on any atom is -0.341 e. The Bertz CT molecular complexity index is 1460. The van der Waals surface area contributed by atoms with Crippen molar-refractivity contribution in [1.29, 1.82) is 0 Å². The van der Waals surface area contributed by atoms with E-state index in [0.29, 0.717) is 32.5 Å². The van der Waals surface area contributed by atoms with Crippen LogP contribution in [0.1, 0.15) is 45.7 Å². The van der Waals surface area contributed by atoms with E-state index in [2.05, 4.69) is 26.0 Å². The van der Waals surface area contributed by atoms with Crippen LogP contribution in [0.5, 0.6) is 0 Å². The molecule has 1 aromatic heterocycles. The average Bonchev–Trinajstić information content (AvgIpc) is 3.20. The Labute approximate surface area is 218 Å². The van der Waals surface area contributed by atoms with Crippen LogP contribution in [0.4, 0.5) is 0 Å². The topological polar surface area (TPSA) is 58.4 Å². The first-order valence-electron chi connectivity index (χ1n) is 13.0. The number of amides is 2. The quantitative estimate of drug-likeness (QED) is 0.370. The molecule has 1 saturated heterocycles. The number of likely N-dealkylation sites (tertiary alicyclic amines) is 1. The normalized spacial score (nSPS) is 14.2. The second-order valence-electron chi connectivity index (χ2n) is 10.1. The van der Waals surface area contributed by atoms with Gasteiger partial charge >= 0.3 is 0 Å². The molecule has 2 amide bonds. The van der Waals surface area contributed by atoms with Crippen LogP contribution < -0.4 is 0 Å². The van der Waals surface area contributed by atoms with E-state index in [1.807, 2.05) is 83.1 Å². The smallest absolute Gasteiger partial charge is 0.254 e. The molecule has 1 fully saturated rings. The van der Waals surface area contributed by atoms with Gasteiger partial charge in [-0.25, -0.2) is 4.68 Å². The lowest BCUT2D eigenvalue weighted by atomic mass is 9.94. The number of carbonyl (C=O) groups excluding carboxylic acids is 2. The summed E-state index contributed by atoms with van der Waals surface area (Å²) in [7, 11) is 1.87. The van der Waals surface area contributed by atoms with Gasteiger partial charge in [0, 0.05) is 49.4 Å². The second-order valence-corrected chi connectivity index (χ2v) is 10.1. The molecule has 6 nitrogen and oxygen atoms in total. The van der Waals surface area contributed by atoms with E-state index in [4.69, 9.17) is 5.10 Å². The fourth-order valence-corrected chi connectivity index (χ4v) is 5.48. The van der Waals surface area contributed by atoms with Crippen LogP contribution >= 0.6 is 0 Å². The largest absolute Gasteiger partial charge is 0.341 e. The van der Waals surface area contributed by atoms with Gasteiger partial charge < -0.3 is 9.80 Å². The summed E-state index contributed by atoms with van der Waals surface area (Å²) < 4.78 is 1.98. The highest BCUT2D eigenvalue weighted by atomic mass is 16.2. The van der Waals surface area contributed by atoms with Gasteiger partial charge in [-0.15, -0.1) is 0 Å². The fourth-order valence-electron chi connectivity index (χ4n) is 5.48. The van der Waals surface area contributed by atoms with E-state index in [1.54, 1.807) is 0 Å². The van der Waals surface area contributed by atoms with Gasteiger partial charge in [0.15, 0.2) is 0 Å². The van der Waals surface area contributed by atoms with Crippen molar-refractivity contribution in [3.63, 3.8) is 0 Å². The number of hydrogen-bond acceptors (Lipinski definition) is 3. The molecule has 0 saturated carbocycles. The predicted molar refractivity (Wildman–Crippen MR) is 147 cm³/mol. The number of para-hydroxylation sites is 1. The Kier molecular flexibility index (Phi) is 6.83. The minimum atomic E-state index is -0.0754. The first kappa shape index (κ1) is 24.8. The number of aryl methyl sites for hydroxylation is 2.